The first-order chi connectivity index (χ1) is 15.0. The summed E-state index contributed by atoms with van der Waals surface area (Å²) in [5, 5.41) is 2.55. The molecule has 1 saturated carbocycles. The molecule has 6 heteroatoms. The van der Waals surface area contributed by atoms with E-state index in [-0.39, 0.29) is 11.2 Å². The number of anilines is 1. The van der Waals surface area contributed by atoms with Gasteiger partial charge in [0.05, 0.1) is 10.1 Å². The maximum atomic E-state index is 13.1. The van der Waals surface area contributed by atoms with Gasteiger partial charge in [-0.05, 0) is 49.2 Å². The van der Waals surface area contributed by atoms with Gasteiger partial charge in [-0.15, -0.1) is 0 Å². The Morgan fingerprint density at radius 2 is 1.42 bits per heavy atom. The molecule has 1 aliphatic rings. The molecule has 1 N–H and O–H groups in total. The molecule has 4 rings (SSSR count). The summed E-state index contributed by atoms with van der Waals surface area (Å²) in [6.07, 6.45) is 2.51. The van der Waals surface area contributed by atoms with Crippen LogP contribution in [0.2, 0.25) is 0 Å². The number of nitrogens with one attached hydrogen (secondary N) is 1. The van der Waals surface area contributed by atoms with Gasteiger partial charge in [0, 0.05) is 11.3 Å². The number of carbonyl (C=O) groups excluding carboxylic acids is 1. The average molecular weight is 436 g/mol. The molecule has 1 amide bonds. The molecule has 1 atom stereocenters. The fourth-order valence-corrected chi connectivity index (χ4v) is 5.72. The minimum absolute atomic E-state index is 0.297. The smallest absolute Gasteiger partial charge is 0.270 e. The van der Waals surface area contributed by atoms with Crippen molar-refractivity contribution in [3.63, 3.8) is 0 Å². The molecule has 1 aliphatic carbocycles. The Labute approximate surface area is 183 Å². The lowest BCUT2D eigenvalue weighted by Crippen LogP contribution is -2.25. The number of para-hydroxylation sites is 1. The Hall–Kier alpha value is -3.12. The summed E-state index contributed by atoms with van der Waals surface area (Å²) in [7, 11) is -3.32. The van der Waals surface area contributed by atoms with E-state index in [0.29, 0.717) is 16.3 Å². The van der Waals surface area contributed by atoms with E-state index in [1.54, 1.807) is 36.4 Å². The number of amides is 1. The topological polar surface area (TPSA) is 72.5 Å². The maximum Gasteiger partial charge on any atom is 0.270 e. The number of carbonyl (C=O) groups is 1. The second-order valence-electron chi connectivity index (χ2n) is 7.69. The van der Waals surface area contributed by atoms with E-state index in [1.807, 2.05) is 48.5 Å². The van der Waals surface area contributed by atoms with Crippen LogP contribution in [0.3, 0.4) is 0 Å². The highest BCUT2D eigenvalue weighted by atomic mass is 32.2. The van der Waals surface area contributed by atoms with Crippen molar-refractivity contribution >= 4 is 21.4 Å². The minimum atomic E-state index is -3.32. The Bertz CT molecular complexity index is 1110. The Kier molecular flexibility index (Phi) is 6.37. The van der Waals surface area contributed by atoms with Crippen LogP contribution < -0.4 is 10.1 Å². The van der Waals surface area contributed by atoms with Crippen LogP contribution in [-0.4, -0.2) is 19.6 Å². The van der Waals surface area contributed by atoms with E-state index in [0.717, 1.165) is 31.2 Å². The third kappa shape index (κ3) is 4.97. The summed E-state index contributed by atoms with van der Waals surface area (Å²) in [6, 6.07) is 24.8. The maximum absolute atomic E-state index is 13.1. The van der Waals surface area contributed by atoms with Gasteiger partial charge in [0.15, 0.2) is 9.84 Å². The Morgan fingerprint density at radius 1 is 0.839 bits per heavy atom. The van der Waals surface area contributed by atoms with E-state index < -0.39 is 15.9 Å². The second-order valence-corrected chi connectivity index (χ2v) is 9.91. The molecule has 0 saturated heterocycles. The van der Waals surface area contributed by atoms with Crippen LogP contribution in [0.25, 0.3) is 0 Å². The third-order valence-electron chi connectivity index (χ3n) is 5.53. The quantitative estimate of drug-likeness (QED) is 0.556. The van der Waals surface area contributed by atoms with E-state index in [4.69, 9.17) is 4.74 Å². The molecule has 0 aromatic heterocycles. The highest BCUT2D eigenvalue weighted by Gasteiger charge is 2.30. The molecule has 1 unspecified atom stereocenters. The van der Waals surface area contributed by atoms with E-state index in [9.17, 15) is 13.2 Å². The summed E-state index contributed by atoms with van der Waals surface area (Å²) in [6.45, 7) is 0. The van der Waals surface area contributed by atoms with E-state index in [2.05, 4.69) is 5.32 Å². The molecule has 0 spiro atoms. The van der Waals surface area contributed by atoms with Crippen LogP contribution in [-0.2, 0) is 14.6 Å². The summed E-state index contributed by atoms with van der Waals surface area (Å²) in [5.41, 5.74) is 1.25. The van der Waals surface area contributed by atoms with Crippen molar-refractivity contribution in [2.24, 2.45) is 0 Å². The normalized spacial score (nSPS) is 15.4. The van der Waals surface area contributed by atoms with Crippen molar-refractivity contribution in [2.75, 3.05) is 5.32 Å². The van der Waals surface area contributed by atoms with Crippen molar-refractivity contribution in [2.45, 2.75) is 41.9 Å². The van der Waals surface area contributed by atoms with Gasteiger partial charge >= 0.3 is 0 Å². The first kappa shape index (κ1) is 21.1. The monoisotopic (exact) mass is 435 g/mol. The number of rotatable bonds is 7. The lowest BCUT2D eigenvalue weighted by molar-refractivity contribution is -0.123. The molecule has 0 heterocycles. The van der Waals surface area contributed by atoms with Crippen LogP contribution in [0.5, 0.6) is 5.75 Å². The predicted octanol–water partition coefficient (Wildman–Crippen LogP) is 5.16. The molecule has 0 bridgehead atoms. The average Bonchev–Trinajstić information content (AvgIpc) is 3.35. The van der Waals surface area contributed by atoms with Crippen molar-refractivity contribution < 1.29 is 17.9 Å². The zero-order chi connectivity index (χ0) is 21.7. The number of benzene rings is 3. The van der Waals surface area contributed by atoms with Gasteiger partial charge in [0.25, 0.3) is 5.91 Å². The Balaban J connectivity index is 1.51. The van der Waals surface area contributed by atoms with E-state index in [1.165, 1.54) is 0 Å². The van der Waals surface area contributed by atoms with Crippen molar-refractivity contribution in [3.05, 3.63) is 90.5 Å². The van der Waals surface area contributed by atoms with Gasteiger partial charge in [-0.3, -0.25) is 4.79 Å². The molecule has 31 heavy (non-hydrogen) atoms. The molecule has 3 aromatic carbocycles. The second kappa shape index (κ2) is 9.35. The molecule has 0 aliphatic heterocycles. The predicted molar refractivity (Wildman–Crippen MR) is 121 cm³/mol. The van der Waals surface area contributed by atoms with Gasteiger partial charge in [0.1, 0.15) is 5.75 Å². The highest BCUT2D eigenvalue weighted by Crippen LogP contribution is 2.30. The summed E-state index contributed by atoms with van der Waals surface area (Å²) < 4.78 is 31.5. The van der Waals surface area contributed by atoms with Gasteiger partial charge in [-0.1, -0.05) is 61.4 Å². The van der Waals surface area contributed by atoms with Crippen LogP contribution in [0.1, 0.15) is 37.4 Å². The van der Waals surface area contributed by atoms with Crippen molar-refractivity contribution in [1.82, 2.24) is 0 Å². The molecule has 1 fully saturated rings. The summed E-state index contributed by atoms with van der Waals surface area (Å²) >= 11 is 0. The molecule has 5 nitrogen and oxygen atoms in total. The minimum Gasteiger partial charge on any atom is -0.476 e. The number of hydrogen-bond donors (Lipinski definition) is 1. The molecule has 3 aromatic rings. The standard InChI is InChI=1S/C25H25NO4S/c27-25(24(19-9-3-1-4-10-19)30-21-11-5-2-6-12-21)26-20-15-17-23(18-16-20)31(28,29)22-13-7-8-14-22/h1-6,9-12,15-18,22,24H,7-8,13-14H2,(H,26,27). The number of ether oxygens (including phenoxy) is 1. The number of hydrogen-bond acceptors (Lipinski definition) is 4. The highest BCUT2D eigenvalue weighted by molar-refractivity contribution is 7.92. The first-order valence-electron chi connectivity index (χ1n) is 10.5. The van der Waals surface area contributed by atoms with Gasteiger partial charge in [0.2, 0.25) is 6.10 Å². The van der Waals surface area contributed by atoms with Crippen LogP contribution in [0, 0.1) is 0 Å². The largest absolute Gasteiger partial charge is 0.476 e. The van der Waals surface area contributed by atoms with Gasteiger partial charge in [-0.25, -0.2) is 8.42 Å². The fourth-order valence-electron chi connectivity index (χ4n) is 3.86. The molecule has 0 radical (unpaired) electrons. The SMILES string of the molecule is O=C(Nc1ccc(S(=O)(=O)C2CCCC2)cc1)C(Oc1ccccc1)c1ccccc1. The molecular weight excluding hydrogens is 410 g/mol. The lowest BCUT2D eigenvalue weighted by Gasteiger charge is -2.19. The van der Waals surface area contributed by atoms with Crippen LogP contribution in [0.4, 0.5) is 5.69 Å². The summed E-state index contributed by atoms with van der Waals surface area (Å²) in [4.78, 5) is 13.4. The zero-order valence-electron chi connectivity index (χ0n) is 17.1. The van der Waals surface area contributed by atoms with Crippen molar-refractivity contribution in [3.8, 4) is 5.75 Å². The summed E-state index contributed by atoms with van der Waals surface area (Å²) in [5.74, 6) is 0.256. The van der Waals surface area contributed by atoms with Crippen LogP contribution >= 0.6 is 0 Å². The van der Waals surface area contributed by atoms with Crippen molar-refractivity contribution in [1.29, 1.82) is 0 Å². The first-order valence-corrected chi connectivity index (χ1v) is 12.0. The number of sulfone groups is 1. The molecular formula is C25H25NO4S. The van der Waals surface area contributed by atoms with Crippen LogP contribution in [0.15, 0.2) is 89.8 Å². The zero-order valence-corrected chi connectivity index (χ0v) is 17.9. The fraction of sp³-hybridized carbons (Fsp3) is 0.240. The molecule has 160 valence electrons. The Morgan fingerprint density at radius 3 is 2.03 bits per heavy atom. The van der Waals surface area contributed by atoms with Gasteiger partial charge in [-0.2, -0.15) is 0 Å². The third-order valence-corrected chi connectivity index (χ3v) is 7.81. The lowest BCUT2D eigenvalue weighted by atomic mass is 10.1. The van der Waals surface area contributed by atoms with Gasteiger partial charge < -0.3 is 10.1 Å². The van der Waals surface area contributed by atoms with E-state index >= 15 is 0 Å².